The molecular formula is C9H7F2NO. The van der Waals surface area contributed by atoms with Crippen molar-refractivity contribution in [1.82, 2.24) is 0 Å². The molecular weight excluding hydrogens is 176 g/mol. The maximum absolute atomic E-state index is 12.9. The van der Waals surface area contributed by atoms with Gasteiger partial charge in [0.1, 0.15) is 11.6 Å². The average Bonchev–Trinajstić information content (AvgIpc) is 2.04. The number of benzene rings is 1. The minimum absolute atomic E-state index is 0.0528. The van der Waals surface area contributed by atoms with Crippen LogP contribution in [-0.4, -0.2) is 5.11 Å². The summed E-state index contributed by atoms with van der Waals surface area (Å²) in [7, 11) is 0. The van der Waals surface area contributed by atoms with Gasteiger partial charge in [-0.3, -0.25) is 0 Å². The van der Waals surface area contributed by atoms with Crippen LogP contribution in [0.2, 0.25) is 0 Å². The predicted octanol–water partition coefficient (Wildman–Crippen LogP) is 1.91. The lowest BCUT2D eigenvalue weighted by molar-refractivity contribution is 0.178. The highest BCUT2D eigenvalue weighted by molar-refractivity contribution is 5.21. The lowest BCUT2D eigenvalue weighted by Gasteiger charge is -2.07. The first-order valence-electron chi connectivity index (χ1n) is 3.65. The molecule has 4 heteroatoms. The number of hydrogen-bond acceptors (Lipinski definition) is 2. The Morgan fingerprint density at radius 2 is 2.15 bits per heavy atom. The largest absolute Gasteiger partial charge is 0.387 e. The summed E-state index contributed by atoms with van der Waals surface area (Å²) in [5.41, 5.74) is -0.0528. The molecule has 0 radical (unpaired) electrons. The van der Waals surface area contributed by atoms with E-state index in [9.17, 15) is 13.9 Å². The number of nitrogens with zero attached hydrogens (tertiary/aromatic N) is 1. The van der Waals surface area contributed by atoms with Crippen LogP contribution < -0.4 is 0 Å². The van der Waals surface area contributed by atoms with Gasteiger partial charge in [0.05, 0.1) is 18.6 Å². The Kier molecular flexibility index (Phi) is 2.93. The van der Waals surface area contributed by atoms with E-state index in [1.165, 1.54) is 0 Å². The van der Waals surface area contributed by atoms with E-state index in [0.717, 1.165) is 12.1 Å². The van der Waals surface area contributed by atoms with Gasteiger partial charge < -0.3 is 5.11 Å². The summed E-state index contributed by atoms with van der Waals surface area (Å²) in [5, 5.41) is 17.4. The number of aliphatic hydroxyl groups is 1. The second-order valence-electron chi connectivity index (χ2n) is 2.54. The lowest BCUT2D eigenvalue weighted by atomic mass is 10.1. The summed E-state index contributed by atoms with van der Waals surface area (Å²) in [4.78, 5) is 0. The van der Waals surface area contributed by atoms with E-state index in [2.05, 4.69) is 0 Å². The fourth-order valence-electron chi connectivity index (χ4n) is 0.968. The van der Waals surface area contributed by atoms with Gasteiger partial charge in [-0.2, -0.15) is 5.26 Å². The smallest absolute Gasteiger partial charge is 0.131 e. The van der Waals surface area contributed by atoms with Crippen LogP contribution in [0.4, 0.5) is 8.78 Å². The topological polar surface area (TPSA) is 44.0 Å². The number of hydrogen-bond donors (Lipinski definition) is 1. The van der Waals surface area contributed by atoms with Crippen LogP contribution in [0.15, 0.2) is 18.2 Å². The van der Waals surface area contributed by atoms with Crippen LogP contribution in [0.3, 0.4) is 0 Å². The molecule has 0 saturated heterocycles. The van der Waals surface area contributed by atoms with Crippen molar-refractivity contribution in [3.8, 4) is 6.07 Å². The van der Waals surface area contributed by atoms with Crippen molar-refractivity contribution in [3.63, 3.8) is 0 Å². The van der Waals surface area contributed by atoms with E-state index < -0.39 is 17.7 Å². The van der Waals surface area contributed by atoms with E-state index in [0.29, 0.717) is 6.07 Å². The van der Waals surface area contributed by atoms with Crippen molar-refractivity contribution >= 4 is 0 Å². The normalized spacial score (nSPS) is 12.2. The number of rotatable bonds is 2. The summed E-state index contributed by atoms with van der Waals surface area (Å²) < 4.78 is 25.3. The third-order valence-corrected chi connectivity index (χ3v) is 1.61. The van der Waals surface area contributed by atoms with Crippen molar-refractivity contribution in [2.45, 2.75) is 12.5 Å². The Bertz CT molecular complexity index is 346. The van der Waals surface area contributed by atoms with Gasteiger partial charge in [-0.25, -0.2) is 8.78 Å². The molecule has 0 amide bonds. The molecule has 0 aliphatic heterocycles. The first-order chi connectivity index (χ1) is 6.15. The fraction of sp³-hybridized carbons (Fsp3) is 0.222. The third-order valence-electron chi connectivity index (χ3n) is 1.61. The van der Waals surface area contributed by atoms with Gasteiger partial charge in [0.25, 0.3) is 0 Å². The van der Waals surface area contributed by atoms with Crippen molar-refractivity contribution in [3.05, 3.63) is 35.4 Å². The number of nitriles is 1. The highest BCUT2D eigenvalue weighted by Crippen LogP contribution is 2.19. The van der Waals surface area contributed by atoms with Gasteiger partial charge in [-0.1, -0.05) is 6.07 Å². The van der Waals surface area contributed by atoms with Gasteiger partial charge in [-0.15, -0.1) is 0 Å². The number of aliphatic hydroxyl groups excluding tert-OH is 1. The summed E-state index contributed by atoms with van der Waals surface area (Å²) in [5.74, 6) is -1.53. The Balaban J connectivity index is 2.96. The quantitative estimate of drug-likeness (QED) is 0.761. The molecule has 68 valence electrons. The standard InChI is InChI=1S/C9H7F2NO/c10-6-1-2-7(8(11)5-6)9(13)3-4-12/h1-2,5,9,13H,3H2/t9-/m1/s1. The first-order valence-corrected chi connectivity index (χ1v) is 3.65. The summed E-state index contributed by atoms with van der Waals surface area (Å²) >= 11 is 0. The molecule has 1 atom stereocenters. The van der Waals surface area contributed by atoms with E-state index in [1.54, 1.807) is 6.07 Å². The van der Waals surface area contributed by atoms with Gasteiger partial charge in [0.2, 0.25) is 0 Å². The van der Waals surface area contributed by atoms with Gasteiger partial charge in [-0.05, 0) is 6.07 Å². The molecule has 0 heterocycles. The van der Waals surface area contributed by atoms with E-state index in [-0.39, 0.29) is 12.0 Å². The van der Waals surface area contributed by atoms with Crippen LogP contribution in [0.1, 0.15) is 18.1 Å². The molecule has 0 aromatic heterocycles. The molecule has 0 aliphatic carbocycles. The molecule has 1 aromatic rings. The first kappa shape index (κ1) is 9.62. The van der Waals surface area contributed by atoms with Crippen LogP contribution in [-0.2, 0) is 0 Å². The molecule has 1 rings (SSSR count). The highest BCUT2D eigenvalue weighted by atomic mass is 19.1. The second kappa shape index (κ2) is 3.97. The molecule has 13 heavy (non-hydrogen) atoms. The number of halogens is 2. The minimum Gasteiger partial charge on any atom is -0.387 e. The zero-order chi connectivity index (χ0) is 9.84. The van der Waals surface area contributed by atoms with Crippen LogP contribution >= 0.6 is 0 Å². The zero-order valence-corrected chi connectivity index (χ0v) is 6.67. The minimum atomic E-state index is -1.19. The molecule has 2 nitrogen and oxygen atoms in total. The molecule has 1 aromatic carbocycles. The van der Waals surface area contributed by atoms with Crippen LogP contribution in [0.25, 0.3) is 0 Å². The molecule has 1 N–H and O–H groups in total. The van der Waals surface area contributed by atoms with Gasteiger partial charge in [0.15, 0.2) is 0 Å². The van der Waals surface area contributed by atoms with Crippen molar-refractivity contribution in [2.24, 2.45) is 0 Å². The molecule has 0 fully saturated rings. The molecule has 0 bridgehead atoms. The maximum Gasteiger partial charge on any atom is 0.131 e. The van der Waals surface area contributed by atoms with Crippen molar-refractivity contribution in [1.29, 1.82) is 5.26 Å². The average molecular weight is 183 g/mol. The Morgan fingerprint density at radius 3 is 2.69 bits per heavy atom. The van der Waals surface area contributed by atoms with Crippen LogP contribution in [0, 0.1) is 23.0 Å². The van der Waals surface area contributed by atoms with Crippen molar-refractivity contribution in [2.75, 3.05) is 0 Å². The summed E-state index contributed by atoms with van der Waals surface area (Å²) in [6.45, 7) is 0. The maximum atomic E-state index is 12.9. The monoisotopic (exact) mass is 183 g/mol. The highest BCUT2D eigenvalue weighted by Gasteiger charge is 2.12. The molecule has 0 unspecified atom stereocenters. The van der Waals surface area contributed by atoms with Crippen LogP contribution in [0.5, 0.6) is 0 Å². The fourth-order valence-corrected chi connectivity index (χ4v) is 0.968. The van der Waals surface area contributed by atoms with Gasteiger partial charge >= 0.3 is 0 Å². The molecule has 0 saturated carbocycles. The van der Waals surface area contributed by atoms with E-state index in [1.807, 2.05) is 0 Å². The van der Waals surface area contributed by atoms with Gasteiger partial charge in [0, 0.05) is 11.6 Å². The zero-order valence-electron chi connectivity index (χ0n) is 6.67. The second-order valence-corrected chi connectivity index (χ2v) is 2.54. The summed E-state index contributed by atoms with van der Waals surface area (Å²) in [6.07, 6.45) is -1.40. The molecule has 0 spiro atoms. The Labute approximate surface area is 74.0 Å². The van der Waals surface area contributed by atoms with E-state index in [4.69, 9.17) is 5.26 Å². The Hall–Kier alpha value is -1.47. The SMILES string of the molecule is N#CC[C@@H](O)c1ccc(F)cc1F. The third kappa shape index (κ3) is 2.23. The predicted molar refractivity (Wildman–Crippen MR) is 41.5 cm³/mol. The van der Waals surface area contributed by atoms with E-state index >= 15 is 0 Å². The lowest BCUT2D eigenvalue weighted by Crippen LogP contribution is -1.99. The Morgan fingerprint density at radius 1 is 1.46 bits per heavy atom. The van der Waals surface area contributed by atoms with Crippen molar-refractivity contribution < 1.29 is 13.9 Å². The summed E-state index contributed by atoms with van der Waals surface area (Å²) in [6, 6.07) is 4.55. The molecule has 0 aliphatic rings.